The highest BCUT2D eigenvalue weighted by Gasteiger charge is 2.47. The van der Waals surface area contributed by atoms with Crippen LogP contribution in [0, 0.1) is 34.0 Å². The Morgan fingerprint density at radius 3 is 2.06 bits per heavy atom. The van der Waals surface area contributed by atoms with Gasteiger partial charge in [0.1, 0.15) is 12.1 Å². The molecule has 0 atom stereocenters. The van der Waals surface area contributed by atoms with E-state index in [4.69, 9.17) is 20.3 Å². The molecule has 6 nitrogen and oxygen atoms in total. The van der Waals surface area contributed by atoms with Crippen molar-refractivity contribution in [3.63, 3.8) is 0 Å². The number of rotatable bonds is 2. The summed E-state index contributed by atoms with van der Waals surface area (Å²) in [7, 11) is -4.99. The summed E-state index contributed by atoms with van der Waals surface area (Å²) < 4.78 is 28.6. The summed E-state index contributed by atoms with van der Waals surface area (Å²) in [6.07, 6.45) is 0. The number of benzene rings is 1. The molecule has 0 saturated carbocycles. The molecule has 1 aromatic carbocycles. The Hall–Kier alpha value is -2.40. The molecule has 0 aliphatic carbocycles. The van der Waals surface area contributed by atoms with E-state index in [9.17, 15) is 8.42 Å². The maximum absolute atomic E-state index is 11.2. The molecule has 0 aliphatic rings. The fourth-order valence-electron chi connectivity index (χ4n) is 1.29. The highest BCUT2D eigenvalue weighted by atomic mass is 32.2. The van der Waals surface area contributed by atoms with Gasteiger partial charge in [-0.1, -0.05) is 18.2 Å². The van der Waals surface area contributed by atoms with E-state index in [1.54, 1.807) is 6.07 Å². The van der Waals surface area contributed by atoms with Crippen LogP contribution in [-0.4, -0.2) is 13.0 Å². The molecule has 0 amide bonds. The number of nitrogens with zero attached hydrogens (tertiary/aromatic N) is 3. The van der Waals surface area contributed by atoms with Gasteiger partial charge in [0.15, 0.2) is 0 Å². The van der Waals surface area contributed by atoms with Crippen LogP contribution >= 0.6 is 0 Å². The zero-order chi connectivity index (χ0) is 13.1. The quantitative estimate of drug-likeness (QED) is 0.766. The van der Waals surface area contributed by atoms with Crippen molar-refractivity contribution in [1.82, 2.24) is 0 Å². The first kappa shape index (κ1) is 12.7. The molecule has 0 saturated heterocycles. The van der Waals surface area contributed by atoms with Crippen LogP contribution in [-0.2, 0) is 14.9 Å². The van der Waals surface area contributed by atoms with Crippen molar-refractivity contribution in [2.24, 2.45) is 0 Å². The third-order valence-electron chi connectivity index (χ3n) is 2.13. The third kappa shape index (κ3) is 1.83. The molecule has 7 heteroatoms. The predicted molar refractivity (Wildman–Crippen MR) is 55.6 cm³/mol. The summed E-state index contributed by atoms with van der Waals surface area (Å²) in [5.41, 5.74) is -0.511. The second-order valence-corrected chi connectivity index (χ2v) is 4.60. The van der Waals surface area contributed by atoms with Crippen LogP contribution < -0.4 is 0 Å². The van der Waals surface area contributed by atoms with Gasteiger partial charge in [0.25, 0.3) is 4.75 Å². The van der Waals surface area contributed by atoms with Gasteiger partial charge in [-0.25, -0.2) is 0 Å². The first-order valence-corrected chi connectivity index (χ1v) is 5.66. The smallest absolute Gasteiger partial charge is 0.283 e. The van der Waals surface area contributed by atoms with Crippen LogP contribution in [0.15, 0.2) is 24.3 Å². The largest absolute Gasteiger partial charge is 0.302 e. The van der Waals surface area contributed by atoms with Crippen molar-refractivity contribution in [3.05, 3.63) is 35.4 Å². The summed E-state index contributed by atoms with van der Waals surface area (Å²) in [6, 6.07) is 9.36. The van der Waals surface area contributed by atoms with Crippen molar-refractivity contribution in [2.75, 3.05) is 0 Å². The van der Waals surface area contributed by atoms with Crippen molar-refractivity contribution < 1.29 is 13.0 Å². The zero-order valence-corrected chi connectivity index (χ0v) is 9.14. The van der Waals surface area contributed by atoms with Crippen LogP contribution in [0.1, 0.15) is 11.1 Å². The molecule has 0 bridgehead atoms. The Balaban J connectivity index is 3.77. The van der Waals surface area contributed by atoms with Crippen molar-refractivity contribution in [2.45, 2.75) is 4.75 Å². The first-order valence-electron chi connectivity index (χ1n) is 4.22. The standard InChI is InChI=1S/C10H5N3O3S/c11-5-8-3-1-2-4-9(8)10(6-12,7-13)17(14,15)16/h1-4H,(H,14,15,16). The molecule has 0 aliphatic heterocycles. The summed E-state index contributed by atoms with van der Waals surface area (Å²) in [4.78, 5) is 0. The molecule has 0 unspecified atom stereocenters. The zero-order valence-electron chi connectivity index (χ0n) is 8.32. The van der Waals surface area contributed by atoms with Crippen LogP contribution in [0.4, 0.5) is 0 Å². The minimum absolute atomic E-state index is 0.159. The lowest BCUT2D eigenvalue weighted by Crippen LogP contribution is -2.33. The van der Waals surface area contributed by atoms with E-state index in [0.29, 0.717) is 0 Å². The molecule has 1 rings (SSSR count). The first-order chi connectivity index (χ1) is 7.93. The predicted octanol–water partition coefficient (Wildman–Crippen LogP) is 0.689. The topological polar surface area (TPSA) is 126 Å². The van der Waals surface area contributed by atoms with E-state index in [1.807, 2.05) is 0 Å². The van der Waals surface area contributed by atoms with Crippen LogP contribution in [0.5, 0.6) is 0 Å². The minimum Gasteiger partial charge on any atom is -0.283 e. The molecule has 0 spiro atoms. The van der Waals surface area contributed by atoms with Crippen molar-refractivity contribution >= 4 is 10.1 Å². The second kappa shape index (κ2) is 4.23. The van der Waals surface area contributed by atoms with Gasteiger partial charge in [-0.05, 0) is 6.07 Å². The molecule has 84 valence electrons. The third-order valence-corrected chi connectivity index (χ3v) is 3.30. The maximum Gasteiger partial charge on any atom is 0.302 e. The molecule has 17 heavy (non-hydrogen) atoms. The Morgan fingerprint density at radius 1 is 1.12 bits per heavy atom. The number of hydrogen-bond acceptors (Lipinski definition) is 5. The van der Waals surface area contributed by atoms with Gasteiger partial charge in [0.2, 0.25) is 0 Å². The highest BCUT2D eigenvalue weighted by Crippen LogP contribution is 2.30. The van der Waals surface area contributed by atoms with Gasteiger partial charge < -0.3 is 0 Å². The molecular formula is C10H5N3O3S. The summed E-state index contributed by atoms with van der Waals surface area (Å²) >= 11 is 0. The molecular weight excluding hydrogens is 242 g/mol. The Kier molecular flexibility index (Phi) is 3.15. The monoisotopic (exact) mass is 247 g/mol. The van der Waals surface area contributed by atoms with Gasteiger partial charge in [-0.3, -0.25) is 4.55 Å². The van der Waals surface area contributed by atoms with E-state index in [2.05, 4.69) is 0 Å². The molecule has 0 aromatic heterocycles. The molecule has 1 aromatic rings. The number of nitriles is 3. The number of hydrogen-bond donors (Lipinski definition) is 1. The summed E-state index contributed by atoms with van der Waals surface area (Å²) in [6.45, 7) is 0. The SMILES string of the molecule is N#Cc1ccccc1C(C#N)(C#N)S(=O)(=O)O. The lowest BCUT2D eigenvalue weighted by Gasteiger charge is -2.16. The average molecular weight is 247 g/mol. The lowest BCUT2D eigenvalue weighted by molar-refractivity contribution is 0.466. The fourth-order valence-corrected chi connectivity index (χ4v) is 1.97. The molecule has 0 fully saturated rings. The van der Waals surface area contributed by atoms with E-state index >= 15 is 0 Å². The molecule has 0 radical (unpaired) electrons. The minimum atomic E-state index is -4.99. The fraction of sp³-hybridized carbons (Fsp3) is 0.100. The highest BCUT2D eigenvalue weighted by molar-refractivity contribution is 7.87. The van der Waals surface area contributed by atoms with Gasteiger partial charge in [-0.15, -0.1) is 0 Å². The van der Waals surface area contributed by atoms with E-state index in [0.717, 1.165) is 6.07 Å². The molecule has 0 heterocycles. The Labute approximate surface area is 97.7 Å². The van der Waals surface area contributed by atoms with E-state index in [-0.39, 0.29) is 11.1 Å². The van der Waals surface area contributed by atoms with Gasteiger partial charge in [0, 0.05) is 5.56 Å². The van der Waals surface area contributed by atoms with Gasteiger partial charge in [0.05, 0.1) is 11.6 Å². The van der Waals surface area contributed by atoms with Gasteiger partial charge in [-0.2, -0.15) is 24.2 Å². The summed E-state index contributed by atoms with van der Waals surface area (Å²) in [5, 5.41) is 26.5. The second-order valence-electron chi connectivity index (χ2n) is 3.04. The Morgan fingerprint density at radius 2 is 1.65 bits per heavy atom. The lowest BCUT2D eigenvalue weighted by atomic mass is 9.96. The normalized spacial score (nSPS) is 10.9. The van der Waals surface area contributed by atoms with Crippen molar-refractivity contribution in [1.29, 1.82) is 15.8 Å². The summed E-state index contributed by atoms with van der Waals surface area (Å²) in [5.74, 6) is 0. The van der Waals surface area contributed by atoms with Crippen molar-refractivity contribution in [3.8, 4) is 18.2 Å². The Bertz CT molecular complexity index is 660. The van der Waals surface area contributed by atoms with Gasteiger partial charge >= 0.3 is 10.1 Å². The van der Waals surface area contributed by atoms with E-state index < -0.39 is 14.9 Å². The maximum atomic E-state index is 11.2. The van der Waals surface area contributed by atoms with Crippen LogP contribution in [0.3, 0.4) is 0 Å². The van der Waals surface area contributed by atoms with Crippen LogP contribution in [0.25, 0.3) is 0 Å². The van der Waals surface area contributed by atoms with E-state index in [1.165, 1.54) is 30.3 Å². The average Bonchev–Trinajstić information content (AvgIpc) is 2.30. The van der Waals surface area contributed by atoms with Crippen LogP contribution in [0.2, 0.25) is 0 Å². The molecule has 1 N–H and O–H groups in total.